The van der Waals surface area contributed by atoms with Crippen LogP contribution in [0.1, 0.15) is 31.1 Å². The number of rotatable bonds is 2. The van der Waals surface area contributed by atoms with Crippen molar-refractivity contribution in [3.63, 3.8) is 0 Å². The molecule has 0 radical (unpaired) electrons. The third-order valence-electron chi connectivity index (χ3n) is 3.21. The van der Waals surface area contributed by atoms with Gasteiger partial charge in [-0.2, -0.15) is 0 Å². The van der Waals surface area contributed by atoms with E-state index in [0.29, 0.717) is 0 Å². The van der Waals surface area contributed by atoms with Crippen LogP contribution in [0.4, 0.5) is 10.1 Å². The molecule has 6 heteroatoms. The van der Waals surface area contributed by atoms with E-state index in [2.05, 4.69) is 0 Å². The van der Waals surface area contributed by atoms with Crippen molar-refractivity contribution in [2.45, 2.75) is 0 Å². The second-order valence-corrected chi connectivity index (χ2v) is 4.77. The maximum atomic E-state index is 13.5. The molecule has 0 atom stereocenters. The van der Waals surface area contributed by atoms with E-state index >= 15 is 0 Å². The van der Waals surface area contributed by atoms with Gasteiger partial charge >= 0.3 is 0 Å². The first-order valence-corrected chi connectivity index (χ1v) is 6.35. The number of imide groups is 1. The molecule has 0 fully saturated rings. The summed E-state index contributed by atoms with van der Waals surface area (Å²) in [6, 6.07) is 9.69. The van der Waals surface area contributed by atoms with E-state index in [1.54, 1.807) is 12.1 Å². The second-order valence-electron chi connectivity index (χ2n) is 4.43. The zero-order chi connectivity index (χ0) is 15.1. The molecule has 0 bridgehead atoms. The number of hydrogen-bond acceptors (Lipinski definition) is 3. The molecule has 1 aliphatic rings. The minimum atomic E-state index is -0.994. The molecule has 0 aromatic heterocycles. The van der Waals surface area contributed by atoms with Gasteiger partial charge in [-0.25, -0.2) is 9.29 Å². The summed E-state index contributed by atoms with van der Waals surface area (Å²) in [5, 5.41) is -0.994. The molecule has 0 unspecified atom stereocenters. The molecule has 21 heavy (non-hydrogen) atoms. The number of benzene rings is 2. The SMILES string of the molecule is O=C(Cl)c1cc(N2C(=O)c3ccccc3C2=O)ccc1F. The average Bonchev–Trinajstić information content (AvgIpc) is 2.72. The summed E-state index contributed by atoms with van der Waals surface area (Å²) in [7, 11) is 0. The van der Waals surface area contributed by atoms with Crippen molar-refractivity contribution < 1.29 is 18.8 Å². The van der Waals surface area contributed by atoms with Crippen molar-refractivity contribution >= 4 is 34.3 Å². The molecule has 0 spiro atoms. The summed E-state index contributed by atoms with van der Waals surface area (Å²) in [4.78, 5) is 36.6. The Balaban J connectivity index is 2.11. The fourth-order valence-electron chi connectivity index (χ4n) is 2.23. The van der Waals surface area contributed by atoms with E-state index in [0.717, 1.165) is 17.0 Å². The molecule has 104 valence electrons. The smallest absolute Gasteiger partial charge is 0.266 e. The van der Waals surface area contributed by atoms with Gasteiger partial charge in [0, 0.05) is 0 Å². The molecule has 2 amide bonds. The molecule has 0 N–H and O–H groups in total. The van der Waals surface area contributed by atoms with Gasteiger partial charge in [-0.15, -0.1) is 0 Å². The van der Waals surface area contributed by atoms with Crippen LogP contribution < -0.4 is 4.90 Å². The monoisotopic (exact) mass is 303 g/mol. The Morgan fingerprint density at radius 1 is 1.00 bits per heavy atom. The van der Waals surface area contributed by atoms with Gasteiger partial charge in [0.25, 0.3) is 17.1 Å². The lowest BCUT2D eigenvalue weighted by atomic mass is 10.1. The van der Waals surface area contributed by atoms with Crippen LogP contribution >= 0.6 is 11.6 Å². The van der Waals surface area contributed by atoms with E-state index in [1.165, 1.54) is 18.2 Å². The highest BCUT2D eigenvalue weighted by molar-refractivity contribution is 6.67. The summed E-state index contributed by atoms with van der Waals surface area (Å²) in [5.74, 6) is -1.85. The first-order chi connectivity index (χ1) is 10.0. The summed E-state index contributed by atoms with van der Waals surface area (Å²) >= 11 is 5.28. The largest absolute Gasteiger partial charge is 0.275 e. The lowest BCUT2D eigenvalue weighted by Gasteiger charge is -2.14. The van der Waals surface area contributed by atoms with E-state index < -0.39 is 22.9 Å². The van der Waals surface area contributed by atoms with Crippen LogP contribution in [0.5, 0.6) is 0 Å². The summed E-state index contributed by atoms with van der Waals surface area (Å²) in [6.45, 7) is 0. The quantitative estimate of drug-likeness (QED) is 0.633. The molecule has 2 aromatic carbocycles. The fourth-order valence-corrected chi connectivity index (χ4v) is 2.37. The number of hydrogen-bond donors (Lipinski definition) is 0. The van der Waals surface area contributed by atoms with E-state index in [4.69, 9.17) is 11.6 Å². The molecular weight excluding hydrogens is 297 g/mol. The van der Waals surface area contributed by atoms with Crippen LogP contribution in [0, 0.1) is 5.82 Å². The highest BCUT2D eigenvalue weighted by atomic mass is 35.5. The van der Waals surface area contributed by atoms with Gasteiger partial charge in [0.1, 0.15) is 5.82 Å². The summed E-state index contributed by atoms with van der Waals surface area (Å²) in [6.07, 6.45) is 0. The third-order valence-corrected chi connectivity index (χ3v) is 3.42. The zero-order valence-corrected chi connectivity index (χ0v) is 11.2. The van der Waals surface area contributed by atoms with E-state index in [-0.39, 0.29) is 22.4 Å². The number of nitrogens with zero attached hydrogens (tertiary/aromatic N) is 1. The summed E-state index contributed by atoms with van der Waals surface area (Å²) < 4.78 is 13.5. The lowest BCUT2D eigenvalue weighted by Crippen LogP contribution is -2.29. The Morgan fingerprint density at radius 2 is 1.57 bits per heavy atom. The van der Waals surface area contributed by atoms with Gasteiger partial charge in [-0.3, -0.25) is 14.4 Å². The number of halogens is 2. The van der Waals surface area contributed by atoms with Crippen LogP contribution in [0.2, 0.25) is 0 Å². The third kappa shape index (κ3) is 2.02. The van der Waals surface area contributed by atoms with Crippen LogP contribution in [-0.2, 0) is 0 Å². The Bertz CT molecular complexity index is 768. The summed E-state index contributed by atoms with van der Waals surface area (Å²) in [5.41, 5.74) is 0.258. The molecular formula is C15H7ClFNO3. The molecule has 0 saturated heterocycles. The minimum Gasteiger partial charge on any atom is -0.275 e. The first-order valence-electron chi connectivity index (χ1n) is 5.98. The number of anilines is 1. The Labute approximate surface area is 123 Å². The predicted octanol–water partition coefficient (Wildman–Crippen LogP) is 3.01. The molecule has 1 heterocycles. The Hall–Kier alpha value is -2.53. The maximum absolute atomic E-state index is 13.5. The van der Waals surface area contributed by atoms with Gasteiger partial charge in [-0.1, -0.05) is 12.1 Å². The van der Waals surface area contributed by atoms with E-state index in [9.17, 15) is 18.8 Å². The normalized spacial score (nSPS) is 13.5. The van der Waals surface area contributed by atoms with Crippen molar-refractivity contribution in [1.29, 1.82) is 0 Å². The number of carbonyl (C=O) groups is 3. The van der Waals surface area contributed by atoms with Crippen LogP contribution in [0.15, 0.2) is 42.5 Å². The highest BCUT2D eigenvalue weighted by Crippen LogP contribution is 2.29. The van der Waals surface area contributed by atoms with Gasteiger partial charge in [0.05, 0.1) is 22.4 Å². The topological polar surface area (TPSA) is 54.5 Å². The lowest BCUT2D eigenvalue weighted by molar-refractivity contribution is 0.0924. The fraction of sp³-hybridized carbons (Fsp3) is 0. The number of carbonyl (C=O) groups excluding carboxylic acids is 3. The standard InChI is InChI=1S/C15H7ClFNO3/c16-13(19)11-7-8(5-6-12(11)17)18-14(20)9-3-1-2-4-10(9)15(18)21/h1-7H. The molecule has 2 aromatic rings. The van der Waals surface area contributed by atoms with Crippen molar-refractivity contribution in [3.05, 3.63) is 65.0 Å². The van der Waals surface area contributed by atoms with Gasteiger partial charge < -0.3 is 0 Å². The Morgan fingerprint density at radius 3 is 2.10 bits per heavy atom. The minimum absolute atomic E-state index is 0.103. The van der Waals surface area contributed by atoms with Gasteiger partial charge in [-0.05, 0) is 41.9 Å². The van der Waals surface area contributed by atoms with Crippen molar-refractivity contribution in [2.24, 2.45) is 0 Å². The first kappa shape index (κ1) is 13.5. The van der Waals surface area contributed by atoms with E-state index in [1.807, 2.05) is 0 Å². The second kappa shape index (κ2) is 4.79. The highest BCUT2D eigenvalue weighted by Gasteiger charge is 2.36. The predicted molar refractivity (Wildman–Crippen MR) is 74.2 cm³/mol. The van der Waals surface area contributed by atoms with Gasteiger partial charge in [0.2, 0.25) is 0 Å². The Kier molecular flexibility index (Phi) is 3.07. The molecule has 0 aliphatic carbocycles. The molecule has 0 saturated carbocycles. The molecule has 4 nitrogen and oxygen atoms in total. The van der Waals surface area contributed by atoms with Crippen molar-refractivity contribution in [1.82, 2.24) is 0 Å². The van der Waals surface area contributed by atoms with Crippen molar-refractivity contribution in [2.75, 3.05) is 4.90 Å². The van der Waals surface area contributed by atoms with Crippen LogP contribution in [-0.4, -0.2) is 17.1 Å². The number of fused-ring (bicyclic) bond motifs is 1. The number of amides is 2. The zero-order valence-electron chi connectivity index (χ0n) is 10.5. The molecule has 1 aliphatic heterocycles. The van der Waals surface area contributed by atoms with Crippen molar-refractivity contribution in [3.8, 4) is 0 Å². The average molecular weight is 304 g/mol. The van der Waals surface area contributed by atoms with Crippen LogP contribution in [0.3, 0.4) is 0 Å². The maximum Gasteiger partial charge on any atom is 0.266 e. The molecule has 3 rings (SSSR count). The van der Waals surface area contributed by atoms with Crippen LogP contribution in [0.25, 0.3) is 0 Å². The van der Waals surface area contributed by atoms with Gasteiger partial charge in [0.15, 0.2) is 0 Å².